The number of nitro groups is 1. The number of aromatic amines is 1. The van der Waals surface area contributed by atoms with Crippen LogP contribution in [-0.2, 0) is 11.5 Å². The molecule has 0 aliphatic rings. The standard InChI is InChI=1S/C8H9N3O5/c1-2-3-16-5-10-4-6(11(14)15)7(12)9-8(10)13/h2,4H,1,3,5H2,(H,9,12,13). The number of aromatic nitrogens is 2. The first-order valence-electron chi connectivity index (χ1n) is 4.23. The van der Waals surface area contributed by atoms with Crippen LogP contribution in [0.25, 0.3) is 0 Å². The Kier molecular flexibility index (Phi) is 3.72. The molecule has 0 bridgehead atoms. The normalized spacial score (nSPS) is 10.0. The van der Waals surface area contributed by atoms with Gasteiger partial charge in [-0.2, -0.15) is 0 Å². The van der Waals surface area contributed by atoms with Crippen LogP contribution in [0.1, 0.15) is 0 Å². The first kappa shape index (κ1) is 11.9. The number of hydrogen-bond donors (Lipinski definition) is 1. The molecule has 8 heteroatoms. The fourth-order valence-corrected chi connectivity index (χ4v) is 0.958. The summed E-state index contributed by atoms with van der Waals surface area (Å²) in [7, 11) is 0. The van der Waals surface area contributed by atoms with Crippen LogP contribution in [0, 0.1) is 10.1 Å². The molecule has 0 radical (unpaired) electrons. The number of H-pyrrole nitrogens is 1. The zero-order valence-electron chi connectivity index (χ0n) is 8.21. The second kappa shape index (κ2) is 5.03. The molecule has 0 amide bonds. The Morgan fingerprint density at radius 1 is 1.62 bits per heavy atom. The molecule has 16 heavy (non-hydrogen) atoms. The van der Waals surface area contributed by atoms with Crippen LogP contribution >= 0.6 is 0 Å². The van der Waals surface area contributed by atoms with E-state index < -0.39 is 21.9 Å². The van der Waals surface area contributed by atoms with Crippen molar-refractivity contribution in [2.75, 3.05) is 6.61 Å². The van der Waals surface area contributed by atoms with E-state index in [9.17, 15) is 19.7 Å². The lowest BCUT2D eigenvalue weighted by atomic mass is 10.5. The summed E-state index contributed by atoms with van der Waals surface area (Å²) in [5.74, 6) is 0. The molecule has 1 aromatic heterocycles. The van der Waals surface area contributed by atoms with Gasteiger partial charge in [0.15, 0.2) is 0 Å². The molecule has 1 aromatic rings. The van der Waals surface area contributed by atoms with Gasteiger partial charge >= 0.3 is 16.9 Å². The molecule has 0 aliphatic heterocycles. The van der Waals surface area contributed by atoms with Crippen molar-refractivity contribution in [3.63, 3.8) is 0 Å². The molecule has 0 saturated carbocycles. The summed E-state index contributed by atoms with van der Waals surface area (Å²) in [6, 6.07) is 0. The lowest BCUT2D eigenvalue weighted by Crippen LogP contribution is -2.31. The number of nitrogens with zero attached hydrogens (tertiary/aromatic N) is 2. The van der Waals surface area contributed by atoms with E-state index >= 15 is 0 Å². The zero-order valence-corrected chi connectivity index (χ0v) is 8.21. The van der Waals surface area contributed by atoms with Crippen molar-refractivity contribution >= 4 is 5.69 Å². The SMILES string of the molecule is C=CCOCn1cc([N+](=O)[O-])c(=O)[nH]c1=O. The van der Waals surface area contributed by atoms with Gasteiger partial charge in [-0.05, 0) is 0 Å². The summed E-state index contributed by atoms with van der Waals surface area (Å²) in [5.41, 5.74) is -2.50. The number of rotatable bonds is 5. The Morgan fingerprint density at radius 3 is 2.88 bits per heavy atom. The van der Waals surface area contributed by atoms with Gasteiger partial charge in [0.25, 0.3) is 0 Å². The van der Waals surface area contributed by atoms with E-state index in [1.807, 2.05) is 4.98 Å². The van der Waals surface area contributed by atoms with Gasteiger partial charge in [-0.1, -0.05) is 6.08 Å². The zero-order chi connectivity index (χ0) is 12.1. The Labute approximate surface area is 88.9 Å². The van der Waals surface area contributed by atoms with Crippen LogP contribution in [0.15, 0.2) is 28.4 Å². The highest BCUT2D eigenvalue weighted by Crippen LogP contribution is 1.98. The van der Waals surface area contributed by atoms with E-state index in [0.717, 1.165) is 10.8 Å². The molecule has 8 nitrogen and oxygen atoms in total. The molecule has 1 rings (SSSR count). The first-order chi connectivity index (χ1) is 7.56. The fraction of sp³-hybridized carbons (Fsp3) is 0.250. The van der Waals surface area contributed by atoms with Crippen LogP contribution in [0.5, 0.6) is 0 Å². The molecule has 0 aliphatic carbocycles. The minimum atomic E-state index is -1.03. The summed E-state index contributed by atoms with van der Waals surface area (Å²) in [5, 5.41) is 10.4. The predicted octanol–water partition coefficient (Wildman–Crippen LogP) is -0.395. The van der Waals surface area contributed by atoms with Crippen molar-refractivity contribution in [3.8, 4) is 0 Å². The Balaban J connectivity index is 3.05. The minimum Gasteiger partial charge on any atom is -0.357 e. The maximum absolute atomic E-state index is 11.2. The average molecular weight is 227 g/mol. The second-order valence-electron chi connectivity index (χ2n) is 2.79. The van der Waals surface area contributed by atoms with E-state index in [1.54, 1.807) is 0 Å². The smallest absolute Gasteiger partial charge is 0.350 e. The molecule has 0 saturated heterocycles. The van der Waals surface area contributed by atoms with Crippen LogP contribution in [0.4, 0.5) is 5.69 Å². The quantitative estimate of drug-likeness (QED) is 0.319. The third-order valence-corrected chi connectivity index (χ3v) is 1.65. The molecule has 0 spiro atoms. The number of nitrogens with one attached hydrogen (secondary N) is 1. The van der Waals surface area contributed by atoms with Crippen molar-refractivity contribution in [1.82, 2.24) is 9.55 Å². The van der Waals surface area contributed by atoms with Gasteiger partial charge in [-0.15, -0.1) is 6.58 Å². The molecule has 0 unspecified atom stereocenters. The van der Waals surface area contributed by atoms with Crippen molar-refractivity contribution in [3.05, 3.63) is 49.8 Å². The Morgan fingerprint density at radius 2 is 2.31 bits per heavy atom. The lowest BCUT2D eigenvalue weighted by Gasteiger charge is -2.03. The lowest BCUT2D eigenvalue weighted by molar-refractivity contribution is -0.386. The van der Waals surface area contributed by atoms with Crippen molar-refractivity contribution in [2.24, 2.45) is 0 Å². The molecule has 86 valence electrons. The van der Waals surface area contributed by atoms with E-state index in [0.29, 0.717) is 0 Å². The highest BCUT2D eigenvalue weighted by atomic mass is 16.6. The van der Waals surface area contributed by atoms with Gasteiger partial charge in [0.1, 0.15) is 6.73 Å². The molecule has 1 N–H and O–H groups in total. The molecule has 0 atom stereocenters. The highest BCUT2D eigenvalue weighted by Gasteiger charge is 2.14. The van der Waals surface area contributed by atoms with E-state index in [1.165, 1.54) is 6.08 Å². The highest BCUT2D eigenvalue weighted by molar-refractivity contribution is 5.20. The van der Waals surface area contributed by atoms with Gasteiger partial charge in [-0.25, -0.2) is 4.79 Å². The summed E-state index contributed by atoms with van der Waals surface area (Å²) in [4.78, 5) is 33.6. The first-order valence-corrected chi connectivity index (χ1v) is 4.23. The predicted molar refractivity (Wildman–Crippen MR) is 54.1 cm³/mol. The molecule has 0 aromatic carbocycles. The summed E-state index contributed by atoms with van der Waals surface area (Å²) in [6.45, 7) is 3.40. The number of ether oxygens (including phenoxy) is 1. The monoisotopic (exact) mass is 227 g/mol. The molecule has 1 heterocycles. The van der Waals surface area contributed by atoms with Gasteiger partial charge < -0.3 is 4.74 Å². The van der Waals surface area contributed by atoms with Crippen molar-refractivity contribution in [2.45, 2.75) is 6.73 Å². The van der Waals surface area contributed by atoms with Crippen molar-refractivity contribution < 1.29 is 9.66 Å². The summed E-state index contributed by atoms with van der Waals surface area (Å²) >= 11 is 0. The maximum Gasteiger partial charge on any atom is 0.350 e. The van der Waals surface area contributed by atoms with Crippen molar-refractivity contribution in [1.29, 1.82) is 0 Å². The largest absolute Gasteiger partial charge is 0.357 e. The van der Waals surface area contributed by atoms with Crippen LogP contribution in [0.3, 0.4) is 0 Å². The van der Waals surface area contributed by atoms with Gasteiger partial charge in [0.05, 0.1) is 17.7 Å². The third-order valence-electron chi connectivity index (χ3n) is 1.65. The van der Waals surface area contributed by atoms with E-state index in [-0.39, 0.29) is 13.3 Å². The van der Waals surface area contributed by atoms with Gasteiger partial charge in [0.2, 0.25) is 0 Å². The number of hydrogen-bond acceptors (Lipinski definition) is 5. The second-order valence-corrected chi connectivity index (χ2v) is 2.79. The van der Waals surface area contributed by atoms with E-state index in [4.69, 9.17) is 4.74 Å². The molecule has 0 fully saturated rings. The summed E-state index contributed by atoms with van der Waals surface area (Å²) in [6.07, 6.45) is 2.30. The minimum absolute atomic E-state index is 0.192. The van der Waals surface area contributed by atoms with Gasteiger partial charge in [-0.3, -0.25) is 24.5 Å². The van der Waals surface area contributed by atoms with Gasteiger partial charge in [0, 0.05) is 0 Å². The average Bonchev–Trinajstić information content (AvgIpc) is 2.21. The third kappa shape index (κ3) is 2.64. The Bertz CT molecular complexity index is 515. The van der Waals surface area contributed by atoms with E-state index in [2.05, 4.69) is 6.58 Å². The fourth-order valence-electron chi connectivity index (χ4n) is 0.958. The Hall–Kier alpha value is -2.22. The summed E-state index contributed by atoms with van der Waals surface area (Å²) < 4.78 is 5.82. The topological polar surface area (TPSA) is 107 Å². The van der Waals surface area contributed by atoms with Crippen LogP contribution in [-0.4, -0.2) is 21.1 Å². The van der Waals surface area contributed by atoms with Crippen LogP contribution in [0.2, 0.25) is 0 Å². The molecular weight excluding hydrogens is 218 g/mol. The molecular formula is C8H9N3O5. The maximum atomic E-state index is 11.2. The van der Waals surface area contributed by atoms with Crippen LogP contribution < -0.4 is 11.2 Å².